The van der Waals surface area contributed by atoms with Gasteiger partial charge in [0, 0.05) is 11.1 Å². The number of carbonyl (C=O) groups excluding carboxylic acids is 1. The predicted octanol–water partition coefficient (Wildman–Crippen LogP) is 3.76. The first-order valence-electron chi connectivity index (χ1n) is 7.40. The summed E-state index contributed by atoms with van der Waals surface area (Å²) >= 11 is 0. The van der Waals surface area contributed by atoms with Crippen molar-refractivity contribution >= 4 is 17.6 Å². The average Bonchev–Trinajstić information content (AvgIpc) is 2.82. The highest BCUT2D eigenvalue weighted by Crippen LogP contribution is 2.27. The number of hydrogen-bond donors (Lipinski definition) is 2. The van der Waals surface area contributed by atoms with Crippen molar-refractivity contribution < 1.29 is 19.1 Å². The van der Waals surface area contributed by atoms with E-state index in [1.165, 1.54) is 0 Å². The van der Waals surface area contributed by atoms with E-state index in [-0.39, 0.29) is 17.7 Å². The Morgan fingerprint density at radius 1 is 1.17 bits per heavy atom. The molecule has 5 heteroatoms. The van der Waals surface area contributed by atoms with Gasteiger partial charge in [-0.1, -0.05) is 32.9 Å². The van der Waals surface area contributed by atoms with E-state index < -0.39 is 5.97 Å². The summed E-state index contributed by atoms with van der Waals surface area (Å²) in [6.45, 7) is 7.83. The monoisotopic (exact) mass is 315 g/mol. The molecule has 0 radical (unpaired) electrons. The zero-order valence-corrected chi connectivity index (χ0v) is 13.8. The van der Waals surface area contributed by atoms with Crippen LogP contribution in [0.4, 0.5) is 5.69 Å². The maximum absolute atomic E-state index is 12.4. The Balaban J connectivity index is 2.13. The van der Waals surface area contributed by atoms with Gasteiger partial charge >= 0.3 is 5.97 Å². The van der Waals surface area contributed by atoms with E-state index >= 15 is 0 Å². The lowest BCUT2D eigenvalue weighted by molar-refractivity contribution is -0.136. The standard InChI is InChI=1S/C18H21NO4/c1-11-14(10-15(23-11)18(2,3)4)17(22)19-13-7-5-12(6-8-13)9-16(20)21/h5-8,10H,9H2,1-4H3,(H,19,22)(H,20,21). The zero-order valence-electron chi connectivity index (χ0n) is 13.8. The van der Waals surface area contributed by atoms with Gasteiger partial charge in [0.2, 0.25) is 0 Å². The Morgan fingerprint density at radius 3 is 2.26 bits per heavy atom. The minimum Gasteiger partial charge on any atom is -0.481 e. The van der Waals surface area contributed by atoms with Gasteiger partial charge in [0.15, 0.2) is 0 Å². The molecule has 0 saturated heterocycles. The predicted molar refractivity (Wildman–Crippen MR) is 87.9 cm³/mol. The van der Waals surface area contributed by atoms with Crippen LogP contribution in [-0.4, -0.2) is 17.0 Å². The third-order valence-electron chi connectivity index (χ3n) is 3.47. The van der Waals surface area contributed by atoms with Crippen molar-refractivity contribution in [3.05, 3.63) is 53.0 Å². The van der Waals surface area contributed by atoms with Gasteiger partial charge < -0.3 is 14.8 Å². The number of furan rings is 1. The first-order chi connectivity index (χ1) is 10.7. The van der Waals surface area contributed by atoms with Crippen LogP contribution >= 0.6 is 0 Å². The van der Waals surface area contributed by atoms with Crippen LogP contribution in [-0.2, 0) is 16.6 Å². The maximum atomic E-state index is 12.4. The molecule has 0 fully saturated rings. The van der Waals surface area contributed by atoms with Crippen molar-refractivity contribution in [1.82, 2.24) is 0 Å². The van der Waals surface area contributed by atoms with E-state index in [1.807, 2.05) is 20.8 Å². The van der Waals surface area contributed by atoms with Gasteiger partial charge in [-0.15, -0.1) is 0 Å². The number of carbonyl (C=O) groups is 2. The molecule has 0 atom stereocenters. The fourth-order valence-electron chi connectivity index (χ4n) is 2.16. The van der Waals surface area contributed by atoms with E-state index in [0.717, 1.165) is 5.76 Å². The van der Waals surface area contributed by atoms with Crippen LogP contribution in [0.1, 0.15) is 48.2 Å². The van der Waals surface area contributed by atoms with Crippen molar-refractivity contribution in [1.29, 1.82) is 0 Å². The van der Waals surface area contributed by atoms with Crippen LogP contribution in [0.5, 0.6) is 0 Å². The van der Waals surface area contributed by atoms with Gasteiger partial charge in [0.05, 0.1) is 12.0 Å². The number of carboxylic acids is 1. The average molecular weight is 315 g/mol. The number of anilines is 1. The van der Waals surface area contributed by atoms with Crippen LogP contribution in [0, 0.1) is 6.92 Å². The first-order valence-corrected chi connectivity index (χ1v) is 7.40. The summed E-state index contributed by atoms with van der Waals surface area (Å²) in [5, 5.41) is 11.5. The van der Waals surface area contributed by atoms with E-state index in [0.29, 0.717) is 22.6 Å². The molecule has 2 aromatic rings. The van der Waals surface area contributed by atoms with Gasteiger partial charge in [0.25, 0.3) is 5.91 Å². The highest BCUT2D eigenvalue weighted by atomic mass is 16.4. The third kappa shape index (κ3) is 4.22. The van der Waals surface area contributed by atoms with Gasteiger partial charge in [0.1, 0.15) is 11.5 Å². The molecule has 0 aliphatic rings. The Bertz CT molecular complexity index is 720. The topological polar surface area (TPSA) is 79.5 Å². The smallest absolute Gasteiger partial charge is 0.307 e. The molecule has 5 nitrogen and oxygen atoms in total. The molecule has 1 heterocycles. The number of carboxylic acid groups (broad SMARTS) is 1. The van der Waals surface area contributed by atoms with Crippen molar-refractivity contribution in [2.75, 3.05) is 5.32 Å². The molecule has 2 N–H and O–H groups in total. The normalized spacial score (nSPS) is 11.3. The number of amides is 1. The van der Waals surface area contributed by atoms with Crippen molar-refractivity contribution in [2.24, 2.45) is 0 Å². The molecule has 2 rings (SSSR count). The second-order valence-corrected chi connectivity index (χ2v) is 6.55. The molecule has 23 heavy (non-hydrogen) atoms. The molecule has 1 aromatic carbocycles. The summed E-state index contributed by atoms with van der Waals surface area (Å²) in [6, 6.07) is 8.52. The first kappa shape index (κ1) is 16.8. The molecule has 1 aromatic heterocycles. The number of hydrogen-bond acceptors (Lipinski definition) is 3. The van der Waals surface area contributed by atoms with Crippen LogP contribution in [0.15, 0.2) is 34.7 Å². The van der Waals surface area contributed by atoms with E-state index in [4.69, 9.17) is 9.52 Å². The molecule has 1 amide bonds. The minimum absolute atomic E-state index is 0.0377. The number of rotatable bonds is 4. The highest BCUT2D eigenvalue weighted by molar-refractivity contribution is 6.05. The fourth-order valence-corrected chi connectivity index (χ4v) is 2.16. The molecule has 0 saturated carbocycles. The summed E-state index contributed by atoms with van der Waals surface area (Å²) in [4.78, 5) is 23.0. The molecule has 122 valence electrons. The summed E-state index contributed by atoms with van der Waals surface area (Å²) in [6.07, 6.45) is -0.0377. The van der Waals surface area contributed by atoms with Gasteiger partial charge in [-0.2, -0.15) is 0 Å². The maximum Gasteiger partial charge on any atom is 0.307 e. The van der Waals surface area contributed by atoms with Gasteiger partial charge in [-0.25, -0.2) is 0 Å². The van der Waals surface area contributed by atoms with Crippen molar-refractivity contribution in [2.45, 2.75) is 39.5 Å². The highest BCUT2D eigenvalue weighted by Gasteiger charge is 2.23. The molecule has 0 spiro atoms. The number of aryl methyl sites for hydroxylation is 1. The van der Waals surface area contributed by atoms with Crippen LogP contribution in [0.2, 0.25) is 0 Å². The molecule has 0 unspecified atom stereocenters. The molecular weight excluding hydrogens is 294 g/mol. The second kappa shape index (κ2) is 6.28. The molecule has 0 aliphatic heterocycles. The zero-order chi connectivity index (χ0) is 17.2. The Labute approximate surface area is 135 Å². The van der Waals surface area contributed by atoms with E-state index in [9.17, 15) is 9.59 Å². The quantitative estimate of drug-likeness (QED) is 0.900. The number of aliphatic carboxylic acids is 1. The van der Waals surface area contributed by atoms with Crippen LogP contribution < -0.4 is 5.32 Å². The van der Waals surface area contributed by atoms with Crippen molar-refractivity contribution in [3.63, 3.8) is 0 Å². The molecular formula is C18H21NO4. The fraction of sp³-hybridized carbons (Fsp3) is 0.333. The summed E-state index contributed by atoms with van der Waals surface area (Å²) in [7, 11) is 0. The Hall–Kier alpha value is -2.56. The second-order valence-electron chi connectivity index (χ2n) is 6.55. The van der Waals surface area contributed by atoms with Crippen LogP contribution in [0.3, 0.4) is 0 Å². The minimum atomic E-state index is -0.884. The third-order valence-corrected chi connectivity index (χ3v) is 3.47. The Morgan fingerprint density at radius 2 is 1.78 bits per heavy atom. The lowest BCUT2D eigenvalue weighted by Gasteiger charge is -2.13. The van der Waals surface area contributed by atoms with Crippen LogP contribution in [0.25, 0.3) is 0 Å². The van der Waals surface area contributed by atoms with Crippen molar-refractivity contribution in [3.8, 4) is 0 Å². The lowest BCUT2D eigenvalue weighted by atomic mass is 9.93. The largest absolute Gasteiger partial charge is 0.481 e. The number of benzene rings is 1. The van der Waals surface area contributed by atoms with Gasteiger partial charge in [-0.3, -0.25) is 9.59 Å². The summed E-state index contributed by atoms with van der Waals surface area (Å²) in [5.41, 5.74) is 1.64. The summed E-state index contributed by atoms with van der Waals surface area (Å²) < 4.78 is 5.67. The summed E-state index contributed by atoms with van der Waals surface area (Å²) in [5.74, 6) is 0.213. The van der Waals surface area contributed by atoms with E-state index in [1.54, 1.807) is 37.3 Å². The van der Waals surface area contributed by atoms with E-state index in [2.05, 4.69) is 5.32 Å². The van der Waals surface area contributed by atoms with Gasteiger partial charge in [-0.05, 0) is 30.7 Å². The number of nitrogens with one attached hydrogen (secondary N) is 1. The molecule has 0 aliphatic carbocycles. The Kier molecular flexibility index (Phi) is 4.59. The lowest BCUT2D eigenvalue weighted by Crippen LogP contribution is -2.13. The molecule has 0 bridgehead atoms. The SMILES string of the molecule is Cc1oc(C(C)(C)C)cc1C(=O)Nc1ccc(CC(=O)O)cc1.